The van der Waals surface area contributed by atoms with Gasteiger partial charge in [0.2, 0.25) is 0 Å². The summed E-state index contributed by atoms with van der Waals surface area (Å²) >= 11 is 1.64. The summed E-state index contributed by atoms with van der Waals surface area (Å²) in [6.45, 7) is 6.76. The molecule has 2 aromatic rings. The first kappa shape index (κ1) is 27.4. The highest BCUT2D eigenvalue weighted by atomic mass is 32.2. The number of aliphatic hydroxyl groups excluding tert-OH is 1. The summed E-state index contributed by atoms with van der Waals surface area (Å²) < 4.78 is 18.7. The van der Waals surface area contributed by atoms with E-state index >= 15 is 0 Å². The van der Waals surface area contributed by atoms with Crippen LogP contribution in [0.25, 0.3) is 0 Å². The fraction of sp³-hybridized carbons (Fsp3) is 0.600. The van der Waals surface area contributed by atoms with Crippen LogP contribution in [-0.2, 0) is 4.74 Å². The fourth-order valence-electron chi connectivity index (χ4n) is 4.25. The highest BCUT2D eigenvalue weighted by molar-refractivity contribution is 7.99. The van der Waals surface area contributed by atoms with E-state index in [2.05, 4.69) is 32.9 Å². The highest BCUT2D eigenvalue weighted by Crippen LogP contribution is 2.40. The summed E-state index contributed by atoms with van der Waals surface area (Å²) in [6, 6.07) is 5.94. The minimum atomic E-state index is -0.0607. The van der Waals surface area contributed by atoms with Gasteiger partial charge in [-0.1, -0.05) is 30.8 Å². The van der Waals surface area contributed by atoms with E-state index in [1.54, 1.807) is 24.8 Å². The number of rotatable bonds is 7. The summed E-state index contributed by atoms with van der Waals surface area (Å²) in [5.74, 6) is 2.94. The molecule has 2 fully saturated rings. The van der Waals surface area contributed by atoms with Crippen LogP contribution >= 0.6 is 11.8 Å². The number of aliphatic hydroxyl groups is 1. The van der Waals surface area contributed by atoms with Crippen LogP contribution in [0.3, 0.4) is 0 Å². The molecule has 2 saturated carbocycles. The molecule has 194 valence electrons. The average Bonchev–Trinajstić information content (AvgIpc) is 3.46. The lowest BCUT2D eigenvalue weighted by molar-refractivity contribution is 0.0672. The Labute approximate surface area is 212 Å². The van der Waals surface area contributed by atoms with Crippen molar-refractivity contribution in [2.45, 2.75) is 82.5 Å². The summed E-state index contributed by atoms with van der Waals surface area (Å²) in [5.41, 5.74) is 15.0. The van der Waals surface area contributed by atoms with Crippen molar-refractivity contribution < 1.29 is 14.2 Å². The Morgan fingerprint density at radius 3 is 2.63 bits per heavy atom. The highest BCUT2D eigenvalue weighted by Gasteiger charge is 2.35. The van der Waals surface area contributed by atoms with E-state index < -0.39 is 0 Å². The monoisotopic (exact) mass is 506 g/mol. The van der Waals surface area contributed by atoms with Crippen LogP contribution in [0, 0.1) is 12.7 Å². The van der Waals surface area contributed by atoms with Gasteiger partial charge in [-0.05, 0) is 75.5 Å². The summed E-state index contributed by atoms with van der Waals surface area (Å²) in [4.78, 5) is 9.04. The Bertz CT molecular complexity index is 962. The van der Waals surface area contributed by atoms with Crippen molar-refractivity contribution in [1.82, 2.24) is 15.5 Å². The number of hydrogen-bond donors (Lipinski definition) is 4. The molecule has 0 saturated heterocycles. The smallest absolute Gasteiger partial charge is 0.191 e. The van der Waals surface area contributed by atoms with E-state index in [9.17, 15) is 4.39 Å². The molecule has 10 heteroatoms. The molecule has 1 aromatic carbocycles. The van der Waals surface area contributed by atoms with Gasteiger partial charge in [-0.3, -0.25) is 10.4 Å². The molecule has 1 aliphatic heterocycles. The van der Waals surface area contributed by atoms with Gasteiger partial charge in [-0.15, -0.1) is 5.53 Å². The first-order chi connectivity index (χ1) is 17.0. The molecule has 5 N–H and O–H groups in total. The van der Waals surface area contributed by atoms with Crippen LogP contribution in [0.4, 0.5) is 21.7 Å². The van der Waals surface area contributed by atoms with Gasteiger partial charge >= 0.3 is 0 Å². The van der Waals surface area contributed by atoms with Gasteiger partial charge in [0.15, 0.2) is 16.8 Å². The zero-order valence-corrected chi connectivity index (χ0v) is 22.0. The molecule has 2 heterocycles. The van der Waals surface area contributed by atoms with Crippen molar-refractivity contribution in [2.75, 3.05) is 35.6 Å². The number of aryl methyl sites for hydroxylation is 1. The van der Waals surface area contributed by atoms with E-state index in [4.69, 9.17) is 15.6 Å². The predicted octanol–water partition coefficient (Wildman–Crippen LogP) is 4.79. The molecule has 35 heavy (non-hydrogen) atoms. The van der Waals surface area contributed by atoms with Crippen molar-refractivity contribution in [3.63, 3.8) is 0 Å². The van der Waals surface area contributed by atoms with Crippen molar-refractivity contribution in [1.29, 1.82) is 0 Å². The molecule has 2 atom stereocenters. The lowest BCUT2D eigenvalue weighted by Gasteiger charge is -2.24. The maximum absolute atomic E-state index is 13.0. The number of halogens is 1. The molecular weight excluding hydrogens is 467 g/mol. The summed E-state index contributed by atoms with van der Waals surface area (Å²) in [7, 11) is 1.00. The van der Waals surface area contributed by atoms with Crippen LogP contribution < -0.4 is 21.7 Å². The zero-order valence-electron chi connectivity index (χ0n) is 21.2. The van der Waals surface area contributed by atoms with Gasteiger partial charge < -0.3 is 15.6 Å². The normalized spacial score (nSPS) is 20.3. The summed E-state index contributed by atoms with van der Waals surface area (Å²) in [6.07, 6.45) is 7.08. The van der Waals surface area contributed by atoms with Crippen LogP contribution in [0.5, 0.6) is 0 Å². The molecule has 1 aromatic heterocycles. The van der Waals surface area contributed by atoms with Crippen molar-refractivity contribution >= 4 is 29.1 Å². The Balaban J connectivity index is 0.000000220. The maximum Gasteiger partial charge on any atom is 0.191 e. The molecule has 2 aliphatic carbocycles. The molecule has 8 nitrogen and oxygen atoms in total. The Kier molecular flexibility index (Phi) is 10.4. The Morgan fingerprint density at radius 2 is 1.97 bits per heavy atom. The number of fused-ring (bicyclic) bond motifs is 1. The predicted molar refractivity (Wildman–Crippen MR) is 141 cm³/mol. The van der Waals surface area contributed by atoms with Crippen molar-refractivity contribution in [3.05, 3.63) is 35.1 Å². The number of aromatic nitrogens is 2. The lowest BCUT2D eigenvalue weighted by Crippen LogP contribution is -2.43. The first-order valence-corrected chi connectivity index (χ1v) is 13.4. The topological polar surface area (TPSA) is 109 Å². The molecule has 0 spiro atoms. The summed E-state index contributed by atoms with van der Waals surface area (Å²) in [5, 5.41) is 9.83. The third-order valence-electron chi connectivity index (χ3n) is 6.23. The SMILES string of the molecule is CCCSc1nc(N)c2c(n1)N(C1CCC(OCC)C1)NN2.CO.Cc1ccc(C2CC2)cc1F. The van der Waals surface area contributed by atoms with Crippen LogP contribution in [-0.4, -0.2) is 46.7 Å². The average molecular weight is 507 g/mol. The molecule has 0 radical (unpaired) electrons. The quantitative estimate of drug-likeness (QED) is 0.311. The van der Waals surface area contributed by atoms with Crippen molar-refractivity contribution in [2.24, 2.45) is 0 Å². The van der Waals surface area contributed by atoms with E-state index in [-0.39, 0.29) is 5.82 Å². The molecule has 3 aliphatic rings. The fourth-order valence-corrected chi connectivity index (χ4v) is 4.95. The van der Waals surface area contributed by atoms with E-state index in [0.29, 0.717) is 23.9 Å². The second kappa shape index (κ2) is 13.2. The van der Waals surface area contributed by atoms with Crippen LogP contribution in [0.2, 0.25) is 0 Å². The number of nitrogens with two attached hydrogens (primary N) is 1. The number of ether oxygens (including phenoxy) is 1. The van der Waals surface area contributed by atoms with Gasteiger partial charge in [0.05, 0.1) is 12.1 Å². The second-order valence-electron chi connectivity index (χ2n) is 8.87. The number of thioether (sulfide) groups is 1. The number of anilines is 3. The van der Waals surface area contributed by atoms with Gasteiger partial charge in [0.25, 0.3) is 0 Å². The van der Waals surface area contributed by atoms with Gasteiger partial charge in [0, 0.05) is 19.5 Å². The first-order valence-electron chi connectivity index (χ1n) is 12.4. The number of nitrogens with one attached hydrogen (secondary N) is 2. The van der Waals surface area contributed by atoms with Gasteiger partial charge in [-0.2, -0.15) is 0 Å². The number of nitrogens with zero attached hydrogens (tertiary/aromatic N) is 3. The second-order valence-corrected chi connectivity index (χ2v) is 9.93. The van der Waals surface area contributed by atoms with E-state index in [0.717, 1.165) is 67.4 Å². The standard InChI is InChI=1S/C14H24N6OS.C10H11F.CH4O/c1-3-7-22-14-16-12(15)11-13(17-14)20(19-18-11)9-5-6-10(8-9)21-4-2;1-7-2-3-9(6-10(7)11)8-4-5-8;1-2/h9-10,18-19H,3-8H2,1-2H3,(H2,15,16,17);2-3,6,8H,4-5H2,1H3;2H,1H3. The zero-order chi connectivity index (χ0) is 25.4. The number of hydrazine groups is 2. The minimum Gasteiger partial charge on any atom is -0.400 e. The number of hydrogen-bond acceptors (Lipinski definition) is 9. The van der Waals surface area contributed by atoms with Gasteiger partial charge in [-0.25, -0.2) is 14.4 Å². The third-order valence-corrected chi connectivity index (χ3v) is 7.28. The number of benzene rings is 1. The van der Waals surface area contributed by atoms with Crippen LogP contribution in [0.1, 0.15) is 69.4 Å². The van der Waals surface area contributed by atoms with E-state index in [1.165, 1.54) is 18.4 Å². The third kappa shape index (κ3) is 7.19. The van der Waals surface area contributed by atoms with E-state index in [1.807, 2.05) is 19.1 Å². The Morgan fingerprint density at radius 1 is 1.20 bits per heavy atom. The number of nitrogen functional groups attached to an aromatic ring is 1. The molecule has 0 amide bonds. The molecule has 0 bridgehead atoms. The molecule has 5 rings (SSSR count). The van der Waals surface area contributed by atoms with Crippen molar-refractivity contribution in [3.8, 4) is 0 Å². The van der Waals surface area contributed by atoms with Gasteiger partial charge in [0.1, 0.15) is 11.5 Å². The van der Waals surface area contributed by atoms with Crippen LogP contribution in [0.15, 0.2) is 23.4 Å². The minimum absolute atomic E-state index is 0.0607. The molecular formula is C25H39FN6O2S. The largest absolute Gasteiger partial charge is 0.400 e. The molecule has 2 unspecified atom stereocenters. The maximum atomic E-state index is 13.0. The lowest BCUT2D eigenvalue weighted by atomic mass is 10.1. The Hall–Kier alpha value is -2.14.